The third-order valence-electron chi connectivity index (χ3n) is 4.39. The van der Waals surface area contributed by atoms with Crippen LogP contribution in [-0.2, 0) is 10.2 Å². The van der Waals surface area contributed by atoms with Gasteiger partial charge in [-0.15, -0.1) is 0 Å². The Labute approximate surface area is 132 Å². The van der Waals surface area contributed by atoms with E-state index in [2.05, 4.69) is 11.9 Å². The zero-order chi connectivity index (χ0) is 16.0. The van der Waals surface area contributed by atoms with E-state index >= 15 is 0 Å². The normalized spacial score (nSPS) is 21.7. The lowest BCUT2D eigenvalue weighted by molar-refractivity contribution is -0.123. The van der Waals surface area contributed by atoms with E-state index in [1.807, 2.05) is 55.5 Å². The van der Waals surface area contributed by atoms with Crippen LogP contribution in [0, 0.1) is 5.92 Å². The standard InChI is InChI=1S/C19H24N2O/c1-3-8-15(9-4-2)19(18(20)22,17-12-13-21-14-17)16-10-6-5-7-11-16/h3-11,17,21H,1,12-14H2,2H3,(H2,20,22)/b9-4-,15-8+. The lowest BCUT2D eigenvalue weighted by Crippen LogP contribution is -2.49. The largest absolute Gasteiger partial charge is 0.369 e. The first kappa shape index (κ1) is 16.2. The number of hydrogen-bond acceptors (Lipinski definition) is 2. The molecule has 1 heterocycles. The third kappa shape index (κ3) is 2.77. The number of allylic oxidation sites excluding steroid dienone is 4. The van der Waals surface area contributed by atoms with E-state index in [9.17, 15) is 4.79 Å². The van der Waals surface area contributed by atoms with E-state index < -0.39 is 5.41 Å². The van der Waals surface area contributed by atoms with Gasteiger partial charge in [-0.1, -0.05) is 61.2 Å². The summed E-state index contributed by atoms with van der Waals surface area (Å²) in [5.74, 6) is -0.173. The van der Waals surface area contributed by atoms with Crippen molar-refractivity contribution in [3.8, 4) is 0 Å². The highest BCUT2D eigenvalue weighted by atomic mass is 16.1. The minimum Gasteiger partial charge on any atom is -0.369 e. The highest BCUT2D eigenvalue weighted by Crippen LogP contribution is 2.42. The van der Waals surface area contributed by atoms with Gasteiger partial charge in [0.1, 0.15) is 5.41 Å². The van der Waals surface area contributed by atoms with Crippen molar-refractivity contribution in [1.29, 1.82) is 0 Å². The number of primary amides is 1. The molecule has 3 heteroatoms. The summed E-state index contributed by atoms with van der Waals surface area (Å²) in [6.07, 6.45) is 8.45. The van der Waals surface area contributed by atoms with Gasteiger partial charge in [0.2, 0.25) is 5.91 Å². The zero-order valence-corrected chi connectivity index (χ0v) is 13.1. The number of nitrogens with two attached hydrogens (primary N) is 1. The smallest absolute Gasteiger partial charge is 0.232 e. The predicted octanol–water partition coefficient (Wildman–Crippen LogP) is 2.71. The van der Waals surface area contributed by atoms with E-state index in [1.165, 1.54) is 0 Å². The summed E-state index contributed by atoms with van der Waals surface area (Å²) in [7, 11) is 0. The van der Waals surface area contributed by atoms with Gasteiger partial charge in [0, 0.05) is 0 Å². The molecule has 1 aromatic rings. The average molecular weight is 296 g/mol. The summed E-state index contributed by atoms with van der Waals surface area (Å²) in [4.78, 5) is 12.7. The molecule has 1 saturated heterocycles. The minimum absolute atomic E-state index is 0.134. The molecular formula is C19H24N2O. The first-order chi connectivity index (χ1) is 10.7. The summed E-state index contributed by atoms with van der Waals surface area (Å²) < 4.78 is 0. The molecular weight excluding hydrogens is 272 g/mol. The molecule has 2 unspecified atom stereocenters. The fraction of sp³-hybridized carbons (Fsp3) is 0.316. The molecule has 116 valence electrons. The molecule has 3 N–H and O–H groups in total. The highest BCUT2D eigenvalue weighted by Gasteiger charge is 2.48. The van der Waals surface area contributed by atoms with E-state index in [0.717, 1.165) is 30.6 Å². The maximum Gasteiger partial charge on any atom is 0.232 e. The minimum atomic E-state index is -0.828. The summed E-state index contributed by atoms with van der Waals surface area (Å²) in [5, 5.41) is 3.36. The van der Waals surface area contributed by atoms with Crippen molar-refractivity contribution in [2.45, 2.75) is 18.8 Å². The summed E-state index contributed by atoms with van der Waals surface area (Å²) in [6.45, 7) is 7.43. The number of hydrogen-bond donors (Lipinski definition) is 2. The molecule has 3 nitrogen and oxygen atoms in total. The average Bonchev–Trinajstić information content (AvgIpc) is 3.04. The summed E-state index contributed by atoms with van der Waals surface area (Å²) in [6, 6.07) is 9.84. The van der Waals surface area contributed by atoms with Crippen LogP contribution in [0.1, 0.15) is 18.9 Å². The van der Waals surface area contributed by atoms with Crippen LogP contribution in [0.2, 0.25) is 0 Å². The lowest BCUT2D eigenvalue weighted by atomic mass is 9.64. The quantitative estimate of drug-likeness (QED) is 0.793. The van der Waals surface area contributed by atoms with Crippen molar-refractivity contribution in [1.82, 2.24) is 5.32 Å². The molecule has 1 aliphatic heterocycles. The molecule has 0 radical (unpaired) electrons. The fourth-order valence-corrected chi connectivity index (χ4v) is 3.47. The molecule has 22 heavy (non-hydrogen) atoms. The number of carbonyl (C=O) groups is 1. The van der Waals surface area contributed by atoms with Crippen LogP contribution < -0.4 is 11.1 Å². The first-order valence-electron chi connectivity index (χ1n) is 7.70. The van der Waals surface area contributed by atoms with Crippen molar-refractivity contribution in [2.24, 2.45) is 11.7 Å². The molecule has 0 bridgehead atoms. The van der Waals surface area contributed by atoms with Crippen LogP contribution >= 0.6 is 0 Å². The van der Waals surface area contributed by atoms with Crippen molar-refractivity contribution in [3.05, 3.63) is 72.4 Å². The molecule has 1 aliphatic rings. The summed E-state index contributed by atoms with van der Waals surface area (Å²) >= 11 is 0. The summed E-state index contributed by atoms with van der Waals surface area (Å²) in [5.41, 5.74) is 6.99. The van der Waals surface area contributed by atoms with Crippen molar-refractivity contribution < 1.29 is 4.79 Å². The van der Waals surface area contributed by atoms with Gasteiger partial charge in [0.25, 0.3) is 0 Å². The Morgan fingerprint density at radius 3 is 2.64 bits per heavy atom. The molecule has 2 atom stereocenters. The molecule has 1 amide bonds. The van der Waals surface area contributed by atoms with Gasteiger partial charge in [-0.25, -0.2) is 0 Å². The topological polar surface area (TPSA) is 55.1 Å². The Balaban J connectivity index is 2.72. The zero-order valence-electron chi connectivity index (χ0n) is 13.1. The first-order valence-corrected chi connectivity index (χ1v) is 7.70. The Hall–Kier alpha value is -2.13. The van der Waals surface area contributed by atoms with E-state index in [4.69, 9.17) is 5.73 Å². The second-order valence-electron chi connectivity index (χ2n) is 5.59. The number of amides is 1. The lowest BCUT2D eigenvalue weighted by Gasteiger charge is -2.38. The second kappa shape index (κ2) is 7.23. The fourth-order valence-electron chi connectivity index (χ4n) is 3.47. The van der Waals surface area contributed by atoms with Crippen molar-refractivity contribution >= 4 is 5.91 Å². The van der Waals surface area contributed by atoms with Crippen LogP contribution in [-0.4, -0.2) is 19.0 Å². The van der Waals surface area contributed by atoms with Gasteiger partial charge in [-0.3, -0.25) is 4.79 Å². The molecule has 0 aromatic heterocycles. The van der Waals surface area contributed by atoms with Gasteiger partial charge >= 0.3 is 0 Å². The Morgan fingerprint density at radius 1 is 1.41 bits per heavy atom. The van der Waals surface area contributed by atoms with Gasteiger partial charge in [-0.2, -0.15) is 0 Å². The number of rotatable bonds is 6. The molecule has 0 spiro atoms. The third-order valence-corrected chi connectivity index (χ3v) is 4.39. The number of nitrogens with one attached hydrogen (secondary N) is 1. The Morgan fingerprint density at radius 2 is 2.14 bits per heavy atom. The molecule has 0 saturated carbocycles. The maximum atomic E-state index is 12.7. The van der Waals surface area contributed by atoms with Gasteiger partial charge in [0.05, 0.1) is 0 Å². The van der Waals surface area contributed by atoms with Gasteiger partial charge in [0.15, 0.2) is 0 Å². The SMILES string of the molecule is C=C/C=C(\C=C/C)C(C(N)=O)(c1ccccc1)C1CCNC1. The molecule has 2 rings (SSSR count). The Kier molecular flexibility index (Phi) is 5.34. The van der Waals surface area contributed by atoms with E-state index in [1.54, 1.807) is 6.08 Å². The molecule has 1 aromatic carbocycles. The monoisotopic (exact) mass is 296 g/mol. The Bertz CT molecular complexity index is 583. The molecule has 1 fully saturated rings. The van der Waals surface area contributed by atoms with Crippen LogP contribution in [0.5, 0.6) is 0 Å². The van der Waals surface area contributed by atoms with Gasteiger partial charge < -0.3 is 11.1 Å². The highest BCUT2D eigenvalue weighted by molar-refractivity contribution is 5.92. The maximum absolute atomic E-state index is 12.7. The van der Waals surface area contributed by atoms with Crippen LogP contribution in [0.25, 0.3) is 0 Å². The van der Waals surface area contributed by atoms with Crippen LogP contribution in [0.3, 0.4) is 0 Å². The number of carbonyl (C=O) groups excluding carboxylic acids is 1. The van der Waals surface area contributed by atoms with Crippen LogP contribution in [0.15, 0.2) is 66.8 Å². The van der Waals surface area contributed by atoms with Crippen molar-refractivity contribution in [2.75, 3.05) is 13.1 Å². The van der Waals surface area contributed by atoms with E-state index in [-0.39, 0.29) is 11.8 Å². The van der Waals surface area contributed by atoms with Crippen molar-refractivity contribution in [3.63, 3.8) is 0 Å². The van der Waals surface area contributed by atoms with Crippen LogP contribution in [0.4, 0.5) is 0 Å². The van der Waals surface area contributed by atoms with Gasteiger partial charge in [-0.05, 0) is 43.5 Å². The van der Waals surface area contributed by atoms with E-state index in [0.29, 0.717) is 0 Å². The molecule has 0 aliphatic carbocycles. The second-order valence-corrected chi connectivity index (χ2v) is 5.59. The number of benzene rings is 1. The predicted molar refractivity (Wildman–Crippen MR) is 91.4 cm³/mol.